The number of piperidine rings is 1. The zero-order chi connectivity index (χ0) is 22.4. The first-order valence-electron chi connectivity index (χ1n) is 10.5. The fraction of sp³-hybridized carbons (Fsp3) is 0.435. The molecule has 8 heteroatoms. The number of ether oxygens (including phenoxy) is 1. The lowest BCUT2D eigenvalue weighted by molar-refractivity contribution is -0.126. The smallest absolute Gasteiger partial charge is 0.223 e. The van der Waals surface area contributed by atoms with Crippen LogP contribution in [0.1, 0.15) is 43.4 Å². The second-order valence-corrected chi connectivity index (χ2v) is 10.1. The average Bonchev–Trinajstić information content (AvgIpc) is 2.79. The monoisotopic (exact) mass is 464 g/mol. The number of carbonyl (C=O) groups is 1. The molecule has 3 rings (SSSR count). The van der Waals surface area contributed by atoms with Crippen LogP contribution in [0.3, 0.4) is 0 Å². The molecule has 6 nitrogen and oxygen atoms in total. The van der Waals surface area contributed by atoms with Crippen LogP contribution in [0, 0.1) is 5.92 Å². The largest absolute Gasteiger partial charge is 0.497 e. The SMILES string of the molecule is CC[C@@H](NC(=O)C1CCN(S(=O)(=O)Cc2ccccc2Cl)CC1)c1ccc(OC)cc1. The number of hydrogen-bond acceptors (Lipinski definition) is 4. The van der Waals surface area contributed by atoms with Gasteiger partial charge in [0.15, 0.2) is 0 Å². The topological polar surface area (TPSA) is 75.7 Å². The highest BCUT2D eigenvalue weighted by Gasteiger charge is 2.32. The third kappa shape index (κ3) is 5.99. The molecule has 0 saturated carbocycles. The minimum Gasteiger partial charge on any atom is -0.497 e. The summed E-state index contributed by atoms with van der Waals surface area (Å²) in [5.41, 5.74) is 1.62. The van der Waals surface area contributed by atoms with E-state index in [2.05, 4.69) is 5.32 Å². The molecular weight excluding hydrogens is 436 g/mol. The first-order valence-corrected chi connectivity index (χ1v) is 12.5. The van der Waals surface area contributed by atoms with Gasteiger partial charge in [-0.05, 0) is 48.6 Å². The predicted octanol–water partition coefficient (Wildman–Crippen LogP) is 4.16. The fourth-order valence-corrected chi connectivity index (χ4v) is 5.72. The van der Waals surface area contributed by atoms with Crippen molar-refractivity contribution in [2.75, 3.05) is 20.2 Å². The zero-order valence-electron chi connectivity index (χ0n) is 17.9. The molecule has 0 aliphatic carbocycles. The molecule has 0 radical (unpaired) electrons. The summed E-state index contributed by atoms with van der Waals surface area (Å²) in [6.07, 6.45) is 1.78. The molecule has 1 atom stereocenters. The van der Waals surface area contributed by atoms with Gasteiger partial charge in [-0.2, -0.15) is 0 Å². The van der Waals surface area contributed by atoms with Crippen molar-refractivity contribution in [2.45, 2.75) is 38.0 Å². The van der Waals surface area contributed by atoms with E-state index in [1.54, 1.807) is 31.4 Å². The van der Waals surface area contributed by atoms with E-state index < -0.39 is 10.0 Å². The first kappa shape index (κ1) is 23.6. The van der Waals surface area contributed by atoms with Gasteiger partial charge in [0.2, 0.25) is 15.9 Å². The van der Waals surface area contributed by atoms with Crippen LogP contribution in [0.4, 0.5) is 0 Å². The Bertz CT molecular complexity index is 987. The summed E-state index contributed by atoms with van der Waals surface area (Å²) >= 11 is 6.12. The van der Waals surface area contributed by atoms with Crippen LogP contribution in [-0.4, -0.2) is 38.8 Å². The minimum atomic E-state index is -3.48. The fourth-order valence-electron chi connectivity index (χ4n) is 3.85. The Kier molecular flexibility index (Phi) is 7.97. The van der Waals surface area contributed by atoms with Crippen LogP contribution in [0.5, 0.6) is 5.75 Å². The van der Waals surface area contributed by atoms with E-state index in [-0.39, 0.29) is 23.6 Å². The third-order valence-electron chi connectivity index (χ3n) is 5.76. The van der Waals surface area contributed by atoms with Crippen LogP contribution < -0.4 is 10.1 Å². The molecule has 168 valence electrons. The third-order valence-corrected chi connectivity index (χ3v) is 7.95. The van der Waals surface area contributed by atoms with Crippen molar-refractivity contribution in [3.05, 3.63) is 64.7 Å². The summed E-state index contributed by atoms with van der Waals surface area (Å²) in [5, 5.41) is 3.57. The van der Waals surface area contributed by atoms with Gasteiger partial charge in [0, 0.05) is 24.0 Å². The van der Waals surface area contributed by atoms with Crippen LogP contribution in [0.2, 0.25) is 5.02 Å². The van der Waals surface area contributed by atoms with Crippen LogP contribution >= 0.6 is 11.6 Å². The molecule has 1 amide bonds. The maximum Gasteiger partial charge on any atom is 0.223 e. The number of rotatable bonds is 8. The second kappa shape index (κ2) is 10.5. The quantitative estimate of drug-likeness (QED) is 0.636. The number of nitrogens with zero attached hydrogens (tertiary/aromatic N) is 1. The number of sulfonamides is 1. The summed E-state index contributed by atoms with van der Waals surface area (Å²) in [6, 6.07) is 14.6. The van der Waals surface area contributed by atoms with Gasteiger partial charge in [-0.25, -0.2) is 12.7 Å². The Morgan fingerprint density at radius 3 is 2.39 bits per heavy atom. The van der Waals surface area contributed by atoms with Crippen LogP contribution in [-0.2, 0) is 20.6 Å². The Balaban J connectivity index is 1.56. The molecule has 1 heterocycles. The Morgan fingerprint density at radius 1 is 1.16 bits per heavy atom. The van der Waals surface area contributed by atoms with Crippen LogP contribution in [0.25, 0.3) is 0 Å². The molecule has 0 spiro atoms. The molecule has 2 aromatic carbocycles. The van der Waals surface area contributed by atoms with Crippen molar-refractivity contribution < 1.29 is 17.9 Å². The molecule has 0 unspecified atom stereocenters. The number of hydrogen-bond donors (Lipinski definition) is 1. The normalized spacial score (nSPS) is 16.6. The van der Waals surface area contributed by atoms with Crippen molar-refractivity contribution >= 4 is 27.5 Å². The lowest BCUT2D eigenvalue weighted by atomic mass is 9.95. The molecule has 0 aromatic heterocycles. The Hall–Kier alpha value is -2.09. The van der Waals surface area contributed by atoms with Crippen molar-refractivity contribution in [3.8, 4) is 5.75 Å². The highest BCUT2D eigenvalue weighted by atomic mass is 35.5. The van der Waals surface area contributed by atoms with E-state index in [4.69, 9.17) is 16.3 Å². The van der Waals surface area contributed by atoms with E-state index in [0.29, 0.717) is 36.5 Å². The maximum absolute atomic E-state index is 12.8. The van der Waals surface area contributed by atoms with E-state index >= 15 is 0 Å². The van der Waals surface area contributed by atoms with Crippen molar-refractivity contribution in [1.29, 1.82) is 0 Å². The Labute approximate surface area is 189 Å². The number of methoxy groups -OCH3 is 1. The molecule has 1 aliphatic heterocycles. The highest BCUT2D eigenvalue weighted by Crippen LogP contribution is 2.26. The zero-order valence-corrected chi connectivity index (χ0v) is 19.5. The van der Waals surface area contributed by atoms with Gasteiger partial charge >= 0.3 is 0 Å². The summed E-state index contributed by atoms with van der Waals surface area (Å²) in [7, 11) is -1.86. The van der Waals surface area contributed by atoms with Crippen molar-refractivity contribution in [1.82, 2.24) is 9.62 Å². The first-order chi connectivity index (χ1) is 14.8. The Morgan fingerprint density at radius 2 is 1.81 bits per heavy atom. The number of carbonyl (C=O) groups excluding carboxylic acids is 1. The van der Waals surface area contributed by atoms with Gasteiger partial charge in [-0.3, -0.25) is 4.79 Å². The number of benzene rings is 2. The van der Waals surface area contributed by atoms with Gasteiger partial charge < -0.3 is 10.1 Å². The van der Waals surface area contributed by atoms with Gasteiger partial charge in [0.25, 0.3) is 0 Å². The number of halogens is 1. The predicted molar refractivity (Wildman–Crippen MR) is 123 cm³/mol. The van der Waals surface area contributed by atoms with Gasteiger partial charge in [-0.1, -0.05) is 48.9 Å². The molecule has 31 heavy (non-hydrogen) atoms. The van der Waals surface area contributed by atoms with Gasteiger partial charge in [0.1, 0.15) is 5.75 Å². The van der Waals surface area contributed by atoms with E-state index in [1.165, 1.54) is 4.31 Å². The number of nitrogens with one attached hydrogen (secondary N) is 1. The maximum atomic E-state index is 12.8. The average molecular weight is 465 g/mol. The van der Waals surface area contributed by atoms with E-state index in [0.717, 1.165) is 17.7 Å². The standard InChI is InChI=1S/C23H29ClN2O4S/c1-3-22(17-8-10-20(30-2)11-9-17)25-23(27)18-12-14-26(15-13-18)31(28,29)16-19-6-4-5-7-21(19)24/h4-11,18,22H,3,12-16H2,1-2H3,(H,25,27)/t22-/m1/s1. The van der Waals surface area contributed by atoms with E-state index in [9.17, 15) is 13.2 Å². The van der Waals surface area contributed by atoms with Crippen molar-refractivity contribution in [2.24, 2.45) is 5.92 Å². The lowest BCUT2D eigenvalue weighted by Gasteiger charge is -2.31. The highest BCUT2D eigenvalue weighted by molar-refractivity contribution is 7.88. The second-order valence-electron chi connectivity index (χ2n) is 7.76. The molecular formula is C23H29ClN2O4S. The lowest BCUT2D eigenvalue weighted by Crippen LogP contribution is -2.44. The van der Waals surface area contributed by atoms with Crippen molar-refractivity contribution in [3.63, 3.8) is 0 Å². The minimum absolute atomic E-state index is 0.0224. The summed E-state index contributed by atoms with van der Waals surface area (Å²) in [4.78, 5) is 12.8. The van der Waals surface area contributed by atoms with Gasteiger partial charge in [-0.15, -0.1) is 0 Å². The molecule has 1 saturated heterocycles. The molecule has 1 fully saturated rings. The molecule has 1 aliphatic rings. The summed E-state index contributed by atoms with van der Waals surface area (Å²) in [5.74, 6) is 0.430. The molecule has 2 aromatic rings. The molecule has 1 N–H and O–H groups in total. The van der Waals surface area contributed by atoms with Crippen LogP contribution in [0.15, 0.2) is 48.5 Å². The summed E-state index contributed by atoms with van der Waals surface area (Å²) in [6.45, 7) is 2.70. The molecule has 0 bridgehead atoms. The number of amides is 1. The van der Waals surface area contributed by atoms with E-state index in [1.807, 2.05) is 31.2 Å². The van der Waals surface area contributed by atoms with Gasteiger partial charge in [0.05, 0.1) is 18.9 Å². The summed E-state index contributed by atoms with van der Waals surface area (Å²) < 4.78 is 32.3.